The van der Waals surface area contributed by atoms with Crippen LogP contribution in [0.15, 0.2) is 12.1 Å². The standard InChI is InChI=1S/C16H23ClN2O4/c1-3-23-15-13(17)10-12(11-14(15)21-2)16(20)18-4-5-19-6-8-22-9-7-19/h10-11H,3-9H2,1-2H3,(H,18,20). The van der Waals surface area contributed by atoms with Crippen molar-refractivity contribution in [1.82, 2.24) is 10.2 Å². The van der Waals surface area contributed by atoms with Crippen molar-refractivity contribution in [3.05, 3.63) is 22.7 Å². The van der Waals surface area contributed by atoms with Crippen LogP contribution in [0.25, 0.3) is 0 Å². The number of nitrogens with zero attached hydrogens (tertiary/aromatic N) is 1. The predicted octanol–water partition coefficient (Wildman–Crippen LogP) is 1.81. The summed E-state index contributed by atoms with van der Waals surface area (Å²) in [5.74, 6) is 0.737. The molecule has 23 heavy (non-hydrogen) atoms. The Hall–Kier alpha value is -1.50. The van der Waals surface area contributed by atoms with Gasteiger partial charge in [0, 0.05) is 31.7 Å². The van der Waals surface area contributed by atoms with Gasteiger partial charge in [-0.2, -0.15) is 0 Å². The van der Waals surface area contributed by atoms with Crippen molar-refractivity contribution in [2.45, 2.75) is 6.92 Å². The zero-order chi connectivity index (χ0) is 16.7. The van der Waals surface area contributed by atoms with E-state index >= 15 is 0 Å². The molecule has 1 aromatic carbocycles. The van der Waals surface area contributed by atoms with Gasteiger partial charge in [0.1, 0.15) is 0 Å². The molecule has 1 amide bonds. The Kier molecular flexibility index (Phi) is 6.95. The van der Waals surface area contributed by atoms with E-state index in [0.29, 0.717) is 35.2 Å². The van der Waals surface area contributed by atoms with Crippen LogP contribution in [0, 0.1) is 0 Å². The number of hydrogen-bond donors (Lipinski definition) is 1. The molecule has 128 valence electrons. The molecule has 0 spiro atoms. The molecule has 2 rings (SSSR count). The van der Waals surface area contributed by atoms with E-state index < -0.39 is 0 Å². The molecular formula is C16H23ClN2O4. The molecule has 0 aromatic heterocycles. The first-order valence-corrected chi connectivity index (χ1v) is 8.12. The lowest BCUT2D eigenvalue weighted by atomic mass is 10.2. The lowest BCUT2D eigenvalue weighted by Gasteiger charge is -2.26. The van der Waals surface area contributed by atoms with Gasteiger partial charge in [0.25, 0.3) is 5.91 Å². The first-order chi connectivity index (χ1) is 11.2. The summed E-state index contributed by atoms with van der Waals surface area (Å²) in [5.41, 5.74) is 0.456. The maximum absolute atomic E-state index is 12.3. The van der Waals surface area contributed by atoms with Gasteiger partial charge in [-0.25, -0.2) is 0 Å². The van der Waals surface area contributed by atoms with E-state index in [2.05, 4.69) is 10.2 Å². The fourth-order valence-electron chi connectivity index (χ4n) is 2.39. The van der Waals surface area contributed by atoms with Crippen LogP contribution in [0.3, 0.4) is 0 Å². The molecule has 1 aliphatic rings. The van der Waals surface area contributed by atoms with Gasteiger partial charge in [0.15, 0.2) is 11.5 Å². The number of rotatable bonds is 7. The van der Waals surface area contributed by atoms with Crippen LogP contribution in [0.4, 0.5) is 0 Å². The van der Waals surface area contributed by atoms with Crippen molar-refractivity contribution in [3.8, 4) is 11.5 Å². The topological polar surface area (TPSA) is 60.0 Å². The molecule has 0 saturated carbocycles. The normalized spacial score (nSPS) is 15.3. The van der Waals surface area contributed by atoms with Gasteiger partial charge in [-0.15, -0.1) is 0 Å². The number of carbonyl (C=O) groups excluding carboxylic acids is 1. The van der Waals surface area contributed by atoms with Crippen molar-refractivity contribution in [2.75, 3.05) is 53.1 Å². The van der Waals surface area contributed by atoms with E-state index in [4.69, 9.17) is 25.8 Å². The SMILES string of the molecule is CCOc1c(Cl)cc(C(=O)NCCN2CCOCC2)cc1OC. The number of amides is 1. The maximum Gasteiger partial charge on any atom is 0.251 e. The minimum absolute atomic E-state index is 0.179. The average Bonchev–Trinajstić information content (AvgIpc) is 2.57. The second-order valence-electron chi connectivity index (χ2n) is 5.13. The highest BCUT2D eigenvalue weighted by atomic mass is 35.5. The fraction of sp³-hybridized carbons (Fsp3) is 0.562. The molecular weight excluding hydrogens is 320 g/mol. The van der Waals surface area contributed by atoms with E-state index in [9.17, 15) is 4.79 Å². The van der Waals surface area contributed by atoms with Crippen molar-refractivity contribution in [2.24, 2.45) is 0 Å². The second-order valence-corrected chi connectivity index (χ2v) is 5.54. The largest absolute Gasteiger partial charge is 0.493 e. The first kappa shape index (κ1) is 17.8. The maximum atomic E-state index is 12.3. The third kappa shape index (κ3) is 4.99. The molecule has 6 nitrogen and oxygen atoms in total. The van der Waals surface area contributed by atoms with Crippen molar-refractivity contribution in [1.29, 1.82) is 0 Å². The van der Waals surface area contributed by atoms with Crippen molar-refractivity contribution < 1.29 is 19.0 Å². The summed E-state index contributed by atoms with van der Waals surface area (Å²) in [7, 11) is 1.52. The minimum atomic E-state index is -0.179. The van der Waals surface area contributed by atoms with Crippen LogP contribution in [-0.4, -0.2) is 63.9 Å². The monoisotopic (exact) mass is 342 g/mol. The lowest BCUT2D eigenvalue weighted by molar-refractivity contribution is 0.0383. The summed E-state index contributed by atoms with van der Waals surface area (Å²) in [6.07, 6.45) is 0. The predicted molar refractivity (Wildman–Crippen MR) is 88.8 cm³/mol. The Morgan fingerprint density at radius 3 is 2.78 bits per heavy atom. The Bertz CT molecular complexity index is 533. The van der Waals surface area contributed by atoms with Crippen LogP contribution < -0.4 is 14.8 Å². The first-order valence-electron chi connectivity index (χ1n) is 7.74. The summed E-state index contributed by atoms with van der Waals surface area (Å²) in [5, 5.41) is 3.27. The quantitative estimate of drug-likeness (QED) is 0.819. The van der Waals surface area contributed by atoms with Gasteiger partial charge in [-0.05, 0) is 19.1 Å². The highest BCUT2D eigenvalue weighted by Gasteiger charge is 2.16. The minimum Gasteiger partial charge on any atom is -0.493 e. The summed E-state index contributed by atoms with van der Waals surface area (Å²) in [4.78, 5) is 14.5. The summed E-state index contributed by atoms with van der Waals surface area (Å²) >= 11 is 6.18. The van der Waals surface area contributed by atoms with Crippen LogP contribution >= 0.6 is 11.6 Å². The highest BCUT2D eigenvalue weighted by Crippen LogP contribution is 2.36. The smallest absolute Gasteiger partial charge is 0.251 e. The molecule has 1 heterocycles. The molecule has 0 atom stereocenters. The van der Waals surface area contributed by atoms with Gasteiger partial charge < -0.3 is 19.5 Å². The number of morpholine rings is 1. The Labute approximate surface area is 141 Å². The van der Waals surface area contributed by atoms with E-state index in [1.54, 1.807) is 12.1 Å². The van der Waals surface area contributed by atoms with E-state index in [1.165, 1.54) is 7.11 Å². The summed E-state index contributed by atoms with van der Waals surface area (Å²) < 4.78 is 16.0. The average molecular weight is 343 g/mol. The van der Waals surface area contributed by atoms with Crippen LogP contribution in [-0.2, 0) is 4.74 Å². The number of ether oxygens (including phenoxy) is 3. The van der Waals surface area contributed by atoms with E-state index in [1.807, 2.05) is 6.92 Å². The molecule has 0 aliphatic carbocycles. The summed E-state index contributed by atoms with van der Waals surface area (Å²) in [6.45, 7) is 7.02. The molecule has 1 saturated heterocycles. The molecule has 1 aliphatic heterocycles. The Morgan fingerprint density at radius 2 is 2.13 bits per heavy atom. The van der Waals surface area contributed by atoms with E-state index in [-0.39, 0.29) is 5.91 Å². The lowest BCUT2D eigenvalue weighted by Crippen LogP contribution is -2.41. The van der Waals surface area contributed by atoms with Crippen molar-refractivity contribution in [3.63, 3.8) is 0 Å². The number of hydrogen-bond acceptors (Lipinski definition) is 5. The molecule has 0 unspecified atom stereocenters. The Morgan fingerprint density at radius 1 is 1.39 bits per heavy atom. The van der Waals surface area contributed by atoms with Gasteiger partial charge in [0.2, 0.25) is 0 Å². The number of benzene rings is 1. The number of carbonyl (C=O) groups is 1. The fourth-order valence-corrected chi connectivity index (χ4v) is 2.65. The number of halogens is 1. The summed E-state index contributed by atoms with van der Waals surface area (Å²) in [6, 6.07) is 3.24. The van der Waals surface area contributed by atoms with Crippen molar-refractivity contribution >= 4 is 17.5 Å². The van der Waals surface area contributed by atoms with Gasteiger partial charge in [-0.3, -0.25) is 9.69 Å². The molecule has 0 radical (unpaired) electrons. The van der Waals surface area contributed by atoms with Gasteiger partial charge >= 0.3 is 0 Å². The van der Waals surface area contributed by atoms with Crippen LogP contribution in [0.5, 0.6) is 11.5 Å². The van der Waals surface area contributed by atoms with Gasteiger partial charge in [-0.1, -0.05) is 11.6 Å². The number of nitrogens with one attached hydrogen (secondary N) is 1. The molecule has 1 N–H and O–H groups in total. The van der Waals surface area contributed by atoms with E-state index in [0.717, 1.165) is 32.8 Å². The third-order valence-corrected chi connectivity index (χ3v) is 3.88. The zero-order valence-corrected chi connectivity index (χ0v) is 14.3. The Balaban J connectivity index is 1.94. The highest BCUT2D eigenvalue weighted by molar-refractivity contribution is 6.32. The molecule has 1 fully saturated rings. The molecule has 0 bridgehead atoms. The zero-order valence-electron chi connectivity index (χ0n) is 13.6. The van der Waals surface area contributed by atoms with Crippen LogP contribution in [0.1, 0.15) is 17.3 Å². The number of methoxy groups -OCH3 is 1. The molecule has 1 aromatic rings. The van der Waals surface area contributed by atoms with Crippen LogP contribution in [0.2, 0.25) is 5.02 Å². The third-order valence-electron chi connectivity index (χ3n) is 3.60. The molecule has 7 heteroatoms. The second kappa shape index (κ2) is 8.96. The van der Waals surface area contributed by atoms with Gasteiger partial charge in [0.05, 0.1) is 32.0 Å².